The molecule has 2 aromatic carbocycles. The average molecular weight is 345 g/mol. The van der Waals surface area contributed by atoms with Gasteiger partial charge < -0.3 is 15.4 Å². The number of aliphatic hydroxyl groups is 1. The van der Waals surface area contributed by atoms with E-state index in [4.69, 9.17) is 5.73 Å². The van der Waals surface area contributed by atoms with Crippen LogP contribution in [0.15, 0.2) is 55.0 Å². The van der Waals surface area contributed by atoms with Gasteiger partial charge in [0.25, 0.3) is 0 Å². The molecule has 5 heteroatoms. The molecule has 1 aliphatic carbocycles. The molecule has 5 nitrogen and oxygen atoms in total. The molecule has 3 aromatic rings. The Hall–Kier alpha value is -2.92. The lowest BCUT2D eigenvalue weighted by atomic mass is 9.75. The highest BCUT2D eigenvalue weighted by Crippen LogP contribution is 2.49. The van der Waals surface area contributed by atoms with Gasteiger partial charge >= 0.3 is 0 Å². The molecule has 0 saturated heterocycles. The number of primary amides is 1. The molecular weight excluding hydrogens is 326 g/mol. The van der Waals surface area contributed by atoms with Crippen molar-refractivity contribution in [3.05, 3.63) is 77.2 Å². The van der Waals surface area contributed by atoms with Gasteiger partial charge in [0.2, 0.25) is 5.91 Å². The third kappa shape index (κ3) is 2.07. The number of fused-ring (bicyclic) bond motifs is 4. The predicted molar refractivity (Wildman–Crippen MR) is 97.5 cm³/mol. The van der Waals surface area contributed by atoms with Gasteiger partial charge in [-0.1, -0.05) is 30.3 Å². The maximum atomic E-state index is 11.6. The Balaban J connectivity index is 1.60. The lowest BCUT2D eigenvalue weighted by Gasteiger charge is -2.35. The third-order valence-electron chi connectivity index (χ3n) is 5.83. The van der Waals surface area contributed by atoms with Crippen LogP contribution in [0.2, 0.25) is 0 Å². The van der Waals surface area contributed by atoms with Gasteiger partial charge in [-0.2, -0.15) is 0 Å². The molecule has 0 bridgehead atoms. The van der Waals surface area contributed by atoms with E-state index in [9.17, 15) is 9.90 Å². The second kappa shape index (κ2) is 5.54. The van der Waals surface area contributed by atoms with Gasteiger partial charge in [-0.15, -0.1) is 0 Å². The number of aliphatic hydroxyl groups excluding tert-OH is 1. The zero-order valence-corrected chi connectivity index (χ0v) is 14.2. The Morgan fingerprint density at radius 2 is 2.04 bits per heavy atom. The number of aryl methyl sites for hydroxylation is 1. The van der Waals surface area contributed by atoms with Crippen molar-refractivity contribution in [2.45, 2.75) is 25.0 Å². The van der Waals surface area contributed by atoms with Crippen molar-refractivity contribution in [1.29, 1.82) is 0 Å². The normalized spacial score (nSPS) is 23.2. The van der Waals surface area contributed by atoms with Crippen LogP contribution in [-0.4, -0.2) is 20.6 Å². The number of imidazole rings is 1. The van der Waals surface area contributed by atoms with Crippen molar-refractivity contribution in [3.8, 4) is 11.3 Å². The summed E-state index contributed by atoms with van der Waals surface area (Å²) in [6.07, 6.45) is 4.83. The van der Waals surface area contributed by atoms with Crippen LogP contribution in [0.4, 0.5) is 0 Å². The lowest BCUT2D eigenvalue weighted by Crippen LogP contribution is -2.29. The molecule has 0 fully saturated rings. The Labute approximate surface area is 151 Å². The van der Waals surface area contributed by atoms with Gasteiger partial charge in [0, 0.05) is 17.0 Å². The molecule has 0 saturated carbocycles. The first-order valence-corrected chi connectivity index (χ1v) is 8.87. The molecule has 5 rings (SSSR count). The molecule has 3 atom stereocenters. The van der Waals surface area contributed by atoms with Crippen molar-refractivity contribution in [2.75, 3.05) is 0 Å². The van der Waals surface area contributed by atoms with E-state index in [0.717, 1.165) is 29.7 Å². The van der Waals surface area contributed by atoms with Gasteiger partial charge in [-0.3, -0.25) is 4.79 Å². The van der Waals surface area contributed by atoms with E-state index in [2.05, 4.69) is 21.7 Å². The van der Waals surface area contributed by atoms with Gasteiger partial charge in [0.1, 0.15) is 0 Å². The molecule has 0 spiro atoms. The van der Waals surface area contributed by atoms with Crippen LogP contribution in [-0.2, 0) is 6.42 Å². The minimum Gasteiger partial charge on any atom is -0.388 e. The molecule has 3 N–H and O–H groups in total. The summed E-state index contributed by atoms with van der Waals surface area (Å²) in [6.45, 7) is 0. The number of benzene rings is 2. The maximum absolute atomic E-state index is 11.6. The maximum Gasteiger partial charge on any atom is 0.248 e. The topological polar surface area (TPSA) is 81.1 Å². The Bertz CT molecular complexity index is 1020. The van der Waals surface area contributed by atoms with Crippen LogP contribution in [0.3, 0.4) is 0 Å². The molecule has 0 unspecified atom stereocenters. The Morgan fingerprint density at radius 3 is 2.88 bits per heavy atom. The van der Waals surface area contributed by atoms with Crippen molar-refractivity contribution in [2.24, 2.45) is 11.7 Å². The van der Waals surface area contributed by atoms with Crippen LogP contribution < -0.4 is 5.73 Å². The number of aromatic nitrogens is 2. The second-order valence-electron chi connectivity index (χ2n) is 7.14. The predicted octanol–water partition coefficient (Wildman–Crippen LogP) is 2.85. The smallest absolute Gasteiger partial charge is 0.248 e. The van der Waals surface area contributed by atoms with E-state index in [1.165, 1.54) is 11.1 Å². The molecule has 1 aliphatic heterocycles. The van der Waals surface area contributed by atoms with Crippen molar-refractivity contribution >= 4 is 5.91 Å². The summed E-state index contributed by atoms with van der Waals surface area (Å²) in [5.74, 6) is -0.451. The largest absolute Gasteiger partial charge is 0.388 e. The highest BCUT2D eigenvalue weighted by atomic mass is 16.3. The lowest BCUT2D eigenvalue weighted by molar-refractivity contribution is 0.0719. The number of hydrogen-bond donors (Lipinski definition) is 2. The highest BCUT2D eigenvalue weighted by molar-refractivity contribution is 5.93. The zero-order chi connectivity index (χ0) is 17.8. The minimum absolute atomic E-state index is 0.0160. The fourth-order valence-corrected chi connectivity index (χ4v) is 4.60. The standard InChI is InChI=1S/C21H19N3O2/c22-21(26)13-6-5-12-7-8-16(20(25)17(12)9-13)19-15-4-2-1-3-14(15)18-10-23-11-24(18)19/h1-6,9-11,16,19-20,25H,7-8H2,(H2,22,26)/t16-,19-,20-/m0/s1. The van der Waals surface area contributed by atoms with E-state index in [1.54, 1.807) is 12.1 Å². The summed E-state index contributed by atoms with van der Waals surface area (Å²) < 4.78 is 2.17. The van der Waals surface area contributed by atoms with E-state index in [0.29, 0.717) is 5.56 Å². The van der Waals surface area contributed by atoms with Crippen molar-refractivity contribution in [1.82, 2.24) is 9.55 Å². The van der Waals surface area contributed by atoms with Crippen molar-refractivity contribution in [3.63, 3.8) is 0 Å². The summed E-state index contributed by atoms with van der Waals surface area (Å²) in [5.41, 5.74) is 11.3. The van der Waals surface area contributed by atoms with Crippen LogP contribution in [0, 0.1) is 5.92 Å². The first-order valence-electron chi connectivity index (χ1n) is 8.87. The third-order valence-corrected chi connectivity index (χ3v) is 5.83. The van der Waals surface area contributed by atoms with E-state index < -0.39 is 12.0 Å². The molecular formula is C21H19N3O2. The van der Waals surface area contributed by atoms with E-state index in [1.807, 2.05) is 30.7 Å². The number of hydrogen-bond acceptors (Lipinski definition) is 3. The quantitative estimate of drug-likeness (QED) is 0.749. The zero-order valence-electron chi connectivity index (χ0n) is 14.2. The number of amides is 1. The highest BCUT2D eigenvalue weighted by Gasteiger charge is 2.40. The first-order chi connectivity index (χ1) is 12.6. The number of carbonyl (C=O) groups excluding carboxylic acids is 1. The molecule has 2 heterocycles. The average Bonchev–Trinajstić information content (AvgIpc) is 3.23. The van der Waals surface area contributed by atoms with Crippen LogP contribution in [0.25, 0.3) is 11.3 Å². The number of nitrogens with zero attached hydrogens (tertiary/aromatic N) is 2. The van der Waals surface area contributed by atoms with Crippen LogP contribution >= 0.6 is 0 Å². The van der Waals surface area contributed by atoms with Gasteiger partial charge in [-0.05, 0) is 41.7 Å². The molecule has 0 radical (unpaired) electrons. The number of carbonyl (C=O) groups is 1. The molecule has 26 heavy (non-hydrogen) atoms. The SMILES string of the molecule is NC(=O)c1ccc2c(c1)[C@@H](O)[C@H]([C@@H]1c3ccccc3-c3cncn31)CC2. The summed E-state index contributed by atoms with van der Waals surface area (Å²) in [5, 5.41) is 11.2. The van der Waals surface area contributed by atoms with Crippen LogP contribution in [0.5, 0.6) is 0 Å². The van der Waals surface area contributed by atoms with Gasteiger partial charge in [0.05, 0.1) is 30.4 Å². The second-order valence-corrected chi connectivity index (χ2v) is 7.14. The molecule has 2 aliphatic rings. The molecule has 1 amide bonds. The number of nitrogens with two attached hydrogens (primary N) is 1. The monoisotopic (exact) mass is 345 g/mol. The van der Waals surface area contributed by atoms with Gasteiger partial charge in [-0.25, -0.2) is 4.98 Å². The van der Waals surface area contributed by atoms with Crippen LogP contribution in [0.1, 0.15) is 45.6 Å². The fraction of sp³-hybridized carbons (Fsp3) is 0.238. The summed E-state index contributed by atoms with van der Waals surface area (Å²) in [7, 11) is 0. The summed E-state index contributed by atoms with van der Waals surface area (Å²) in [6, 6.07) is 13.8. The summed E-state index contributed by atoms with van der Waals surface area (Å²) >= 11 is 0. The molecule has 1 aromatic heterocycles. The Morgan fingerprint density at radius 1 is 1.19 bits per heavy atom. The summed E-state index contributed by atoms with van der Waals surface area (Å²) in [4.78, 5) is 15.9. The Kier molecular flexibility index (Phi) is 3.27. The van der Waals surface area contributed by atoms with Crippen molar-refractivity contribution < 1.29 is 9.90 Å². The van der Waals surface area contributed by atoms with E-state index in [-0.39, 0.29) is 12.0 Å². The minimum atomic E-state index is -0.649. The molecule has 130 valence electrons. The van der Waals surface area contributed by atoms with Gasteiger partial charge in [0.15, 0.2) is 0 Å². The fourth-order valence-electron chi connectivity index (χ4n) is 4.60. The first kappa shape index (κ1) is 15.3. The van der Waals surface area contributed by atoms with E-state index >= 15 is 0 Å². The number of rotatable bonds is 2.